The number of halogens is 2. The summed E-state index contributed by atoms with van der Waals surface area (Å²) in [7, 11) is -3.49. The Labute approximate surface area is 172 Å². The highest BCUT2D eigenvalue weighted by Crippen LogP contribution is 2.27. The summed E-state index contributed by atoms with van der Waals surface area (Å²) in [6, 6.07) is 7.89. The van der Waals surface area contributed by atoms with Crippen LogP contribution < -0.4 is 9.46 Å². The Morgan fingerprint density at radius 2 is 2.00 bits per heavy atom. The van der Waals surface area contributed by atoms with Crippen LogP contribution in [-0.2, 0) is 14.8 Å². The van der Waals surface area contributed by atoms with E-state index in [0.29, 0.717) is 45.9 Å². The number of benzene rings is 1. The number of rotatable bonds is 6. The van der Waals surface area contributed by atoms with Crippen LogP contribution in [0.1, 0.15) is 12.8 Å². The smallest absolute Gasteiger partial charge is 0.260 e. The van der Waals surface area contributed by atoms with E-state index in [0.717, 1.165) is 0 Å². The van der Waals surface area contributed by atoms with Gasteiger partial charge in [0, 0.05) is 24.2 Å². The van der Waals surface area contributed by atoms with Crippen LogP contribution in [0.3, 0.4) is 0 Å². The zero-order valence-corrected chi connectivity index (χ0v) is 17.4. The first-order chi connectivity index (χ1) is 12.8. The van der Waals surface area contributed by atoms with Crippen molar-refractivity contribution in [2.75, 3.05) is 19.7 Å². The van der Waals surface area contributed by atoms with Crippen LogP contribution in [0.15, 0.2) is 39.9 Å². The van der Waals surface area contributed by atoms with Gasteiger partial charge < -0.3 is 9.64 Å². The van der Waals surface area contributed by atoms with Crippen molar-refractivity contribution in [2.24, 2.45) is 0 Å². The van der Waals surface area contributed by atoms with Crippen molar-refractivity contribution in [1.82, 2.24) is 9.62 Å². The SMILES string of the molecule is O=C(COc1ccc(Cl)cc1Cl)N1CCC(NS(=O)(=O)c2cccs2)CC1. The highest BCUT2D eigenvalue weighted by atomic mass is 35.5. The number of nitrogens with one attached hydrogen (secondary N) is 1. The number of thiophene rings is 1. The summed E-state index contributed by atoms with van der Waals surface area (Å²) in [4.78, 5) is 14.0. The number of sulfonamides is 1. The molecule has 0 saturated carbocycles. The van der Waals surface area contributed by atoms with Crippen molar-refractivity contribution in [3.8, 4) is 5.75 Å². The van der Waals surface area contributed by atoms with E-state index < -0.39 is 10.0 Å². The maximum Gasteiger partial charge on any atom is 0.260 e. The second kappa shape index (κ2) is 8.79. The minimum absolute atomic E-state index is 0.132. The minimum Gasteiger partial charge on any atom is -0.482 e. The molecule has 1 saturated heterocycles. The van der Waals surface area contributed by atoms with Gasteiger partial charge in [-0.25, -0.2) is 13.1 Å². The molecule has 1 amide bonds. The minimum atomic E-state index is -3.49. The largest absolute Gasteiger partial charge is 0.482 e. The second-order valence-corrected chi connectivity index (χ2v) is 9.80. The maximum atomic E-state index is 12.3. The van der Waals surface area contributed by atoms with Crippen LogP contribution in [0.2, 0.25) is 10.0 Å². The average molecular weight is 449 g/mol. The average Bonchev–Trinajstić information content (AvgIpc) is 3.17. The lowest BCUT2D eigenvalue weighted by molar-refractivity contribution is -0.134. The lowest BCUT2D eigenvalue weighted by Gasteiger charge is -2.32. The number of piperidine rings is 1. The fraction of sp³-hybridized carbons (Fsp3) is 0.353. The molecule has 0 unspecified atom stereocenters. The van der Waals surface area contributed by atoms with Crippen LogP contribution in [0.5, 0.6) is 5.75 Å². The molecule has 6 nitrogen and oxygen atoms in total. The molecule has 0 aliphatic carbocycles. The van der Waals surface area contributed by atoms with Crippen molar-refractivity contribution < 1.29 is 17.9 Å². The maximum absolute atomic E-state index is 12.3. The predicted molar refractivity (Wildman–Crippen MR) is 106 cm³/mol. The number of nitrogens with zero attached hydrogens (tertiary/aromatic N) is 1. The van der Waals surface area contributed by atoms with Gasteiger partial charge in [0.25, 0.3) is 5.91 Å². The molecule has 3 rings (SSSR count). The molecule has 1 aromatic heterocycles. The number of carbonyl (C=O) groups excluding carboxylic acids is 1. The van der Waals surface area contributed by atoms with Crippen molar-refractivity contribution >= 4 is 50.5 Å². The van der Waals surface area contributed by atoms with Gasteiger partial charge in [-0.1, -0.05) is 29.3 Å². The first-order valence-electron chi connectivity index (χ1n) is 8.26. The molecule has 0 spiro atoms. The predicted octanol–water partition coefficient (Wildman–Crippen LogP) is 3.40. The third kappa shape index (κ3) is 5.36. The zero-order chi connectivity index (χ0) is 19.4. The highest BCUT2D eigenvalue weighted by Gasteiger charge is 2.27. The van der Waals surface area contributed by atoms with Gasteiger partial charge in [0.15, 0.2) is 6.61 Å². The van der Waals surface area contributed by atoms with E-state index in [9.17, 15) is 13.2 Å². The topological polar surface area (TPSA) is 75.7 Å². The number of hydrogen-bond donors (Lipinski definition) is 1. The van der Waals surface area contributed by atoms with Gasteiger partial charge in [-0.05, 0) is 42.5 Å². The number of carbonyl (C=O) groups is 1. The molecule has 2 aromatic rings. The molecular weight excluding hydrogens is 431 g/mol. The van der Waals surface area contributed by atoms with E-state index in [-0.39, 0.29) is 18.6 Å². The molecule has 1 aliphatic rings. The van der Waals surface area contributed by atoms with E-state index in [1.165, 1.54) is 11.3 Å². The molecular formula is C17H18Cl2N2O4S2. The third-order valence-electron chi connectivity index (χ3n) is 4.17. The monoisotopic (exact) mass is 448 g/mol. The van der Waals surface area contributed by atoms with Gasteiger partial charge in [0.05, 0.1) is 5.02 Å². The molecule has 10 heteroatoms. The van der Waals surface area contributed by atoms with Gasteiger partial charge in [0.2, 0.25) is 10.0 Å². The van der Waals surface area contributed by atoms with E-state index in [2.05, 4.69) is 4.72 Å². The summed E-state index contributed by atoms with van der Waals surface area (Å²) in [5.41, 5.74) is 0. The van der Waals surface area contributed by atoms with Crippen LogP contribution >= 0.6 is 34.5 Å². The van der Waals surface area contributed by atoms with Crippen LogP contribution in [-0.4, -0.2) is 45.0 Å². The summed E-state index contributed by atoms with van der Waals surface area (Å²) in [6.07, 6.45) is 1.11. The van der Waals surface area contributed by atoms with Crippen LogP contribution in [0.4, 0.5) is 0 Å². The Kier molecular flexibility index (Phi) is 6.65. The summed E-state index contributed by atoms with van der Waals surface area (Å²) < 4.78 is 33.0. The van der Waals surface area contributed by atoms with E-state index in [1.54, 1.807) is 40.6 Å². The van der Waals surface area contributed by atoms with Crippen LogP contribution in [0.25, 0.3) is 0 Å². The van der Waals surface area contributed by atoms with Crippen molar-refractivity contribution in [2.45, 2.75) is 23.1 Å². The normalized spacial score (nSPS) is 15.7. The Morgan fingerprint density at radius 1 is 1.26 bits per heavy atom. The standard InChI is InChI=1S/C17H18Cl2N2O4S2/c18-12-3-4-15(14(19)10-12)25-11-16(22)21-7-5-13(6-8-21)20-27(23,24)17-2-1-9-26-17/h1-4,9-10,13,20H,5-8,11H2. The number of hydrogen-bond acceptors (Lipinski definition) is 5. The highest BCUT2D eigenvalue weighted by molar-refractivity contribution is 7.91. The summed E-state index contributed by atoms with van der Waals surface area (Å²) in [5, 5.41) is 2.56. The molecule has 1 fully saturated rings. The molecule has 1 N–H and O–H groups in total. The van der Waals surface area contributed by atoms with Gasteiger partial charge in [-0.15, -0.1) is 11.3 Å². The first kappa shape index (κ1) is 20.4. The van der Waals surface area contributed by atoms with Gasteiger partial charge in [0.1, 0.15) is 9.96 Å². The van der Waals surface area contributed by atoms with Crippen molar-refractivity contribution in [3.05, 3.63) is 45.8 Å². The lowest BCUT2D eigenvalue weighted by Crippen LogP contribution is -2.47. The summed E-state index contributed by atoms with van der Waals surface area (Å²) >= 11 is 13.0. The molecule has 0 bridgehead atoms. The molecule has 0 radical (unpaired) electrons. The van der Waals surface area contributed by atoms with Crippen LogP contribution in [0, 0.1) is 0 Å². The molecule has 146 valence electrons. The Bertz CT molecular complexity index is 896. The van der Waals surface area contributed by atoms with E-state index >= 15 is 0 Å². The Balaban J connectivity index is 1.48. The number of likely N-dealkylation sites (tertiary alicyclic amines) is 1. The van der Waals surface area contributed by atoms with E-state index in [4.69, 9.17) is 27.9 Å². The second-order valence-electron chi connectivity index (χ2n) is 6.07. The summed E-state index contributed by atoms with van der Waals surface area (Å²) in [5.74, 6) is 0.230. The summed E-state index contributed by atoms with van der Waals surface area (Å²) in [6.45, 7) is 0.801. The van der Waals surface area contributed by atoms with Gasteiger partial charge in [-0.3, -0.25) is 4.79 Å². The molecule has 1 aromatic carbocycles. The van der Waals surface area contributed by atoms with E-state index in [1.807, 2.05) is 0 Å². The van der Waals surface area contributed by atoms with Gasteiger partial charge in [-0.2, -0.15) is 0 Å². The fourth-order valence-electron chi connectivity index (χ4n) is 2.76. The Morgan fingerprint density at radius 3 is 2.63 bits per heavy atom. The quantitative estimate of drug-likeness (QED) is 0.734. The zero-order valence-electron chi connectivity index (χ0n) is 14.2. The molecule has 27 heavy (non-hydrogen) atoms. The van der Waals surface area contributed by atoms with Crippen molar-refractivity contribution in [1.29, 1.82) is 0 Å². The van der Waals surface area contributed by atoms with Crippen molar-refractivity contribution in [3.63, 3.8) is 0 Å². The van der Waals surface area contributed by atoms with Gasteiger partial charge >= 0.3 is 0 Å². The Hall–Kier alpha value is -1.32. The molecule has 2 heterocycles. The fourth-order valence-corrected chi connectivity index (χ4v) is 5.54. The number of amides is 1. The third-order valence-corrected chi connectivity index (χ3v) is 7.62. The molecule has 0 atom stereocenters. The lowest BCUT2D eigenvalue weighted by atomic mass is 10.1. The first-order valence-corrected chi connectivity index (χ1v) is 11.4. The number of ether oxygens (including phenoxy) is 1. The molecule has 1 aliphatic heterocycles.